The molecule has 1 aromatic carbocycles. The summed E-state index contributed by atoms with van der Waals surface area (Å²) in [5.41, 5.74) is 0.194. The molecule has 0 spiro atoms. The molecule has 2 fully saturated rings. The lowest BCUT2D eigenvalue weighted by atomic mass is 10.0. The largest absolute Gasteiger partial charge is 0.342 e. The van der Waals surface area contributed by atoms with Crippen LogP contribution in [0.1, 0.15) is 30.8 Å². The summed E-state index contributed by atoms with van der Waals surface area (Å²) in [7, 11) is 0. The van der Waals surface area contributed by atoms with Gasteiger partial charge in [0.2, 0.25) is 5.91 Å². The molecule has 3 heterocycles. The van der Waals surface area contributed by atoms with Crippen LogP contribution in [0.25, 0.3) is 5.69 Å². The smallest absolute Gasteiger partial charge is 0.274 e. The number of rotatable bonds is 3. The number of amides is 2. The number of carbonyl (C=O) groups excluding carboxylic acids is 2. The summed E-state index contributed by atoms with van der Waals surface area (Å²) in [5.74, 6) is -0.252. The summed E-state index contributed by atoms with van der Waals surface area (Å²) in [6, 6.07) is 8.38. The first kappa shape index (κ1) is 22.1. The van der Waals surface area contributed by atoms with E-state index in [1.165, 1.54) is 36.4 Å². The van der Waals surface area contributed by atoms with Crippen molar-refractivity contribution >= 4 is 11.8 Å². The standard InChI is InChI=1S/C23H28FN5O3/c1-16-14-28(15-21(16)27-11-3-10-26(12-13-27)17(2)30)23(32)20-8-9-22(31)29(25-20)19-6-4-18(24)5-7-19/h4-9,16,21H,3,10-15H2,1-2H3. The van der Waals surface area contributed by atoms with E-state index in [0.717, 1.165) is 30.7 Å². The molecule has 0 bridgehead atoms. The van der Waals surface area contributed by atoms with Crippen LogP contribution in [0.3, 0.4) is 0 Å². The second-order valence-corrected chi connectivity index (χ2v) is 8.60. The predicted molar refractivity (Wildman–Crippen MR) is 117 cm³/mol. The van der Waals surface area contributed by atoms with Gasteiger partial charge in [-0.25, -0.2) is 4.39 Å². The minimum Gasteiger partial charge on any atom is -0.342 e. The summed E-state index contributed by atoms with van der Waals surface area (Å²) in [5, 5.41) is 4.26. The van der Waals surface area contributed by atoms with E-state index >= 15 is 0 Å². The van der Waals surface area contributed by atoms with Gasteiger partial charge in [-0.1, -0.05) is 6.92 Å². The van der Waals surface area contributed by atoms with E-state index < -0.39 is 5.82 Å². The van der Waals surface area contributed by atoms with Crippen molar-refractivity contribution in [2.45, 2.75) is 26.3 Å². The monoisotopic (exact) mass is 441 g/mol. The van der Waals surface area contributed by atoms with Crippen LogP contribution in [0, 0.1) is 11.7 Å². The average molecular weight is 442 g/mol. The van der Waals surface area contributed by atoms with E-state index in [0.29, 0.717) is 25.3 Å². The normalized spacial score (nSPS) is 22.1. The van der Waals surface area contributed by atoms with Crippen LogP contribution in [0.2, 0.25) is 0 Å². The molecule has 0 radical (unpaired) electrons. The highest BCUT2D eigenvalue weighted by Gasteiger charge is 2.37. The molecule has 0 N–H and O–H groups in total. The van der Waals surface area contributed by atoms with Crippen LogP contribution < -0.4 is 5.56 Å². The lowest BCUT2D eigenvalue weighted by molar-refractivity contribution is -0.128. The number of carbonyl (C=O) groups is 2. The molecule has 170 valence electrons. The highest BCUT2D eigenvalue weighted by atomic mass is 19.1. The van der Waals surface area contributed by atoms with Gasteiger partial charge in [0.05, 0.1) is 5.69 Å². The van der Waals surface area contributed by atoms with E-state index in [9.17, 15) is 18.8 Å². The van der Waals surface area contributed by atoms with E-state index in [4.69, 9.17) is 0 Å². The Morgan fingerprint density at radius 1 is 0.969 bits per heavy atom. The van der Waals surface area contributed by atoms with E-state index in [2.05, 4.69) is 16.9 Å². The third kappa shape index (κ3) is 4.57. The van der Waals surface area contributed by atoms with Crippen molar-refractivity contribution < 1.29 is 14.0 Å². The number of likely N-dealkylation sites (tertiary alicyclic amines) is 1. The molecule has 2 aliphatic heterocycles. The van der Waals surface area contributed by atoms with Gasteiger partial charge in [0.15, 0.2) is 0 Å². The van der Waals surface area contributed by atoms with Gasteiger partial charge in [-0.15, -0.1) is 0 Å². The quantitative estimate of drug-likeness (QED) is 0.719. The highest BCUT2D eigenvalue weighted by molar-refractivity contribution is 5.92. The van der Waals surface area contributed by atoms with Crippen LogP contribution in [0.15, 0.2) is 41.2 Å². The first-order valence-corrected chi connectivity index (χ1v) is 11.0. The van der Waals surface area contributed by atoms with Crippen molar-refractivity contribution in [3.05, 3.63) is 58.3 Å². The molecule has 2 amide bonds. The number of nitrogens with zero attached hydrogens (tertiary/aromatic N) is 5. The Bertz CT molecular complexity index is 1050. The molecular formula is C23H28FN5O3. The lowest BCUT2D eigenvalue weighted by Gasteiger charge is -2.29. The number of hydrogen-bond donors (Lipinski definition) is 0. The highest BCUT2D eigenvalue weighted by Crippen LogP contribution is 2.24. The summed E-state index contributed by atoms with van der Waals surface area (Å²) in [6.07, 6.45) is 0.918. The van der Waals surface area contributed by atoms with E-state index in [1.807, 2.05) is 4.90 Å². The maximum atomic E-state index is 13.2. The molecule has 9 heteroatoms. The van der Waals surface area contributed by atoms with Crippen molar-refractivity contribution in [1.29, 1.82) is 0 Å². The maximum absolute atomic E-state index is 13.2. The van der Waals surface area contributed by atoms with Gasteiger partial charge < -0.3 is 9.80 Å². The topological polar surface area (TPSA) is 78.8 Å². The summed E-state index contributed by atoms with van der Waals surface area (Å²) >= 11 is 0. The van der Waals surface area contributed by atoms with Gasteiger partial charge in [0.1, 0.15) is 11.5 Å². The van der Waals surface area contributed by atoms with Gasteiger partial charge in [0.25, 0.3) is 11.5 Å². The molecule has 1 aromatic heterocycles. The van der Waals surface area contributed by atoms with Crippen molar-refractivity contribution in [3.63, 3.8) is 0 Å². The van der Waals surface area contributed by atoms with Gasteiger partial charge >= 0.3 is 0 Å². The Labute approximate surface area is 186 Å². The van der Waals surface area contributed by atoms with Crippen molar-refractivity contribution in [3.8, 4) is 5.69 Å². The molecule has 0 aliphatic carbocycles. The Morgan fingerprint density at radius 2 is 1.72 bits per heavy atom. The summed E-state index contributed by atoms with van der Waals surface area (Å²) in [4.78, 5) is 43.2. The van der Waals surface area contributed by atoms with Crippen LogP contribution in [0.4, 0.5) is 4.39 Å². The molecule has 2 aromatic rings. The molecule has 2 saturated heterocycles. The molecule has 2 unspecified atom stereocenters. The summed E-state index contributed by atoms with van der Waals surface area (Å²) in [6.45, 7) is 8.09. The van der Waals surface area contributed by atoms with Gasteiger partial charge in [0, 0.05) is 58.3 Å². The van der Waals surface area contributed by atoms with Crippen molar-refractivity contribution in [1.82, 2.24) is 24.5 Å². The molecule has 32 heavy (non-hydrogen) atoms. The molecular weight excluding hydrogens is 413 g/mol. The Morgan fingerprint density at radius 3 is 2.44 bits per heavy atom. The zero-order chi connectivity index (χ0) is 22.8. The second kappa shape index (κ2) is 9.20. The molecule has 8 nitrogen and oxygen atoms in total. The van der Waals surface area contributed by atoms with Crippen LogP contribution in [0.5, 0.6) is 0 Å². The average Bonchev–Trinajstić information content (AvgIpc) is 2.99. The van der Waals surface area contributed by atoms with Crippen molar-refractivity contribution in [2.24, 2.45) is 5.92 Å². The van der Waals surface area contributed by atoms with Gasteiger partial charge in [-0.2, -0.15) is 9.78 Å². The zero-order valence-electron chi connectivity index (χ0n) is 18.4. The Hall–Kier alpha value is -3.07. The molecule has 0 saturated carbocycles. The number of hydrogen-bond acceptors (Lipinski definition) is 5. The Kier molecular flexibility index (Phi) is 6.36. The molecule has 4 rings (SSSR count). The minimum atomic E-state index is -0.411. The Balaban J connectivity index is 1.49. The van der Waals surface area contributed by atoms with Crippen LogP contribution >= 0.6 is 0 Å². The zero-order valence-corrected chi connectivity index (χ0v) is 18.4. The maximum Gasteiger partial charge on any atom is 0.274 e. The fourth-order valence-electron chi connectivity index (χ4n) is 4.63. The minimum absolute atomic E-state index is 0.102. The van der Waals surface area contributed by atoms with E-state index in [1.54, 1.807) is 11.8 Å². The van der Waals surface area contributed by atoms with E-state index in [-0.39, 0.29) is 35.0 Å². The number of halogens is 1. The van der Waals surface area contributed by atoms with Crippen molar-refractivity contribution in [2.75, 3.05) is 39.3 Å². The van der Waals surface area contributed by atoms with Crippen LogP contribution in [-0.4, -0.2) is 81.6 Å². The lowest BCUT2D eigenvalue weighted by Crippen LogP contribution is -2.43. The third-order valence-electron chi connectivity index (χ3n) is 6.40. The first-order chi connectivity index (χ1) is 15.3. The fourth-order valence-corrected chi connectivity index (χ4v) is 4.63. The van der Waals surface area contributed by atoms with Gasteiger partial charge in [-0.05, 0) is 42.7 Å². The van der Waals surface area contributed by atoms with Crippen LogP contribution in [-0.2, 0) is 4.79 Å². The summed E-state index contributed by atoms with van der Waals surface area (Å²) < 4.78 is 14.4. The van der Waals surface area contributed by atoms with Gasteiger partial charge in [-0.3, -0.25) is 19.3 Å². The third-order valence-corrected chi connectivity index (χ3v) is 6.40. The second-order valence-electron chi connectivity index (χ2n) is 8.60. The number of benzene rings is 1. The molecule has 2 atom stereocenters. The predicted octanol–water partition coefficient (Wildman–Crippen LogP) is 1.39. The number of aromatic nitrogens is 2. The fraction of sp³-hybridized carbons (Fsp3) is 0.478. The first-order valence-electron chi connectivity index (χ1n) is 11.0. The molecule has 2 aliphatic rings. The SMILES string of the molecule is CC(=O)N1CCCN(C2CN(C(=O)c3ccc(=O)n(-c4ccc(F)cc4)n3)CC2C)CC1.